The number of aliphatic hydroxyl groups is 4. The highest BCUT2D eigenvalue weighted by Crippen LogP contribution is 2.30. The van der Waals surface area contributed by atoms with Crippen LogP contribution in [0.25, 0.3) is 0 Å². The number of amides is 4. The molecule has 1 fully saturated rings. The molecule has 6 atom stereocenters. The van der Waals surface area contributed by atoms with Crippen molar-refractivity contribution in [2.45, 2.75) is 49.8 Å². The minimum absolute atomic E-state index is 0.0311. The van der Waals surface area contributed by atoms with Gasteiger partial charge >= 0.3 is 5.97 Å². The molecule has 0 unspecified atom stereocenters. The lowest BCUT2D eigenvalue weighted by atomic mass is 9.99. The maximum atomic E-state index is 12.5. The highest BCUT2D eigenvalue weighted by atomic mass is 32.2. The van der Waals surface area contributed by atoms with Crippen LogP contribution in [0.4, 0.5) is 0 Å². The molecule has 48 heavy (non-hydrogen) atoms. The van der Waals surface area contributed by atoms with Gasteiger partial charge in [-0.15, -0.1) is 0 Å². The van der Waals surface area contributed by atoms with Crippen LogP contribution in [0.3, 0.4) is 0 Å². The molecule has 3 rings (SSSR count). The molecule has 2 aliphatic rings. The van der Waals surface area contributed by atoms with Crippen molar-refractivity contribution in [3.63, 3.8) is 0 Å². The molecule has 0 aliphatic carbocycles. The van der Waals surface area contributed by atoms with E-state index in [0.717, 1.165) is 17.1 Å². The summed E-state index contributed by atoms with van der Waals surface area (Å²) in [6.45, 7) is -1.18. The molecule has 1 aromatic carbocycles. The zero-order chi connectivity index (χ0) is 35.6. The van der Waals surface area contributed by atoms with E-state index in [4.69, 9.17) is 18.9 Å². The number of ether oxygens (including phenoxy) is 4. The first-order valence-corrected chi connectivity index (χ1v) is 15.8. The van der Waals surface area contributed by atoms with Crippen molar-refractivity contribution in [1.82, 2.24) is 15.5 Å². The topological polar surface area (TPSA) is 305 Å². The van der Waals surface area contributed by atoms with E-state index in [1.807, 2.05) is 0 Å². The van der Waals surface area contributed by atoms with Crippen LogP contribution in [0.1, 0.15) is 12.0 Å². The molecule has 21 heteroatoms. The molecule has 4 amide bonds. The molecule has 8 N–H and O–H groups in total. The lowest BCUT2D eigenvalue weighted by molar-refractivity contribution is -0.271. The number of carbonyl (C=O) groups excluding carboxylic acids is 4. The van der Waals surface area contributed by atoms with Gasteiger partial charge in [-0.2, -0.15) is 8.42 Å². The summed E-state index contributed by atoms with van der Waals surface area (Å²) >= 11 is 0. The van der Waals surface area contributed by atoms with E-state index in [0.29, 0.717) is 0 Å². The van der Waals surface area contributed by atoms with Crippen molar-refractivity contribution < 1.29 is 81.4 Å². The second-order valence-corrected chi connectivity index (χ2v) is 11.8. The number of nitrogens with one attached hydrogen (secondary N) is 2. The van der Waals surface area contributed by atoms with Crippen molar-refractivity contribution in [1.29, 1.82) is 0 Å². The largest absolute Gasteiger partial charge is 0.491 e. The fourth-order valence-electron chi connectivity index (χ4n) is 4.35. The molecular formula is C27H35N3O17S. The first-order chi connectivity index (χ1) is 22.6. The molecule has 2 heterocycles. The van der Waals surface area contributed by atoms with Gasteiger partial charge in [0.2, 0.25) is 18.1 Å². The fraction of sp³-hybridized carbons (Fsp3) is 0.519. The predicted molar refractivity (Wildman–Crippen MR) is 155 cm³/mol. The Kier molecular flexibility index (Phi) is 13.7. The predicted octanol–water partition coefficient (Wildman–Crippen LogP) is -4.35. The van der Waals surface area contributed by atoms with Crippen LogP contribution >= 0.6 is 0 Å². The summed E-state index contributed by atoms with van der Waals surface area (Å²) in [7, 11) is -4.70. The van der Waals surface area contributed by atoms with Crippen molar-refractivity contribution in [3.05, 3.63) is 35.9 Å². The number of hydrogen-bond donors (Lipinski definition) is 8. The Bertz CT molecular complexity index is 1470. The number of rotatable bonds is 18. The van der Waals surface area contributed by atoms with E-state index in [2.05, 4.69) is 10.6 Å². The standard InChI is InChI=1S/C27H35N3O17S/c31-12-14-1-2-15(11-17(14)46-27-23(37)21(35)22(36)24(47-27)26(39)40)45-10-9-44-8-6-28-25(38)16(13-48(41,42)43)29-18(32)5-7-30-19(33)3-4-20(30)34/h1-4,11,16,21-24,27,31,35-37H,5-10,12-13H2,(H,28,38)(H,29,32)(H,39,40)(H,41,42,43)/t16-,21+,22+,23-,24+,27-/m1/s1. The molecule has 0 saturated carbocycles. The van der Waals surface area contributed by atoms with E-state index >= 15 is 0 Å². The van der Waals surface area contributed by atoms with Crippen molar-refractivity contribution in [3.8, 4) is 11.5 Å². The zero-order valence-electron chi connectivity index (χ0n) is 25.0. The highest BCUT2D eigenvalue weighted by Gasteiger charge is 2.48. The summed E-state index contributed by atoms with van der Waals surface area (Å²) in [5.41, 5.74) is 0.190. The Morgan fingerprint density at radius 1 is 1.00 bits per heavy atom. The van der Waals surface area contributed by atoms with E-state index in [-0.39, 0.29) is 50.0 Å². The second-order valence-electron chi connectivity index (χ2n) is 10.3. The smallest absolute Gasteiger partial charge is 0.335 e. The molecule has 266 valence electrons. The monoisotopic (exact) mass is 705 g/mol. The van der Waals surface area contributed by atoms with Crippen LogP contribution in [-0.2, 0) is 50.2 Å². The number of aliphatic hydroxyl groups excluding tert-OH is 4. The average Bonchev–Trinajstić information content (AvgIpc) is 3.34. The lowest BCUT2D eigenvalue weighted by Crippen LogP contribution is -2.61. The van der Waals surface area contributed by atoms with Crippen LogP contribution in [0.2, 0.25) is 0 Å². The van der Waals surface area contributed by atoms with E-state index < -0.39 is 95.2 Å². The summed E-state index contributed by atoms with van der Waals surface area (Å²) in [6.07, 6.45) is -7.68. The summed E-state index contributed by atoms with van der Waals surface area (Å²) in [6, 6.07) is 2.45. The van der Waals surface area contributed by atoms with Gasteiger partial charge in [-0.05, 0) is 12.1 Å². The molecule has 0 spiro atoms. The van der Waals surface area contributed by atoms with Gasteiger partial charge in [0.25, 0.3) is 21.9 Å². The third kappa shape index (κ3) is 10.9. The minimum Gasteiger partial charge on any atom is -0.491 e. The summed E-state index contributed by atoms with van der Waals surface area (Å²) in [4.78, 5) is 60.1. The maximum Gasteiger partial charge on any atom is 0.335 e. The SMILES string of the molecule is O=C(CCN1C(=O)C=CC1=O)N[C@H](CS(=O)(=O)O)C(=O)NCCOCCOc1ccc(CO)c(O[C@@H]2O[C@H](C(=O)O)[C@@H](O)[C@H](O)[C@H]2O)c1. The van der Waals surface area contributed by atoms with Crippen molar-refractivity contribution in [2.24, 2.45) is 0 Å². The minimum atomic E-state index is -4.70. The Balaban J connectivity index is 1.44. The first kappa shape index (κ1) is 38.2. The summed E-state index contributed by atoms with van der Waals surface area (Å²) < 4.78 is 53.4. The molecule has 0 aromatic heterocycles. The molecular weight excluding hydrogens is 670 g/mol. The van der Waals surface area contributed by atoms with Crippen LogP contribution in [0.5, 0.6) is 11.5 Å². The summed E-state index contributed by atoms with van der Waals surface area (Å²) in [5.74, 6) is -5.73. The van der Waals surface area contributed by atoms with Crippen LogP contribution in [0.15, 0.2) is 30.4 Å². The number of carbonyl (C=O) groups is 5. The Morgan fingerprint density at radius 2 is 1.69 bits per heavy atom. The normalized spacial score (nSPS) is 23.1. The number of benzene rings is 1. The molecule has 2 aliphatic heterocycles. The van der Waals surface area contributed by atoms with Crippen LogP contribution in [-0.4, -0.2) is 148 Å². The van der Waals surface area contributed by atoms with Crippen LogP contribution in [0, 0.1) is 0 Å². The molecule has 1 saturated heterocycles. The third-order valence-corrected chi connectivity index (χ3v) is 7.55. The Labute approximate surface area is 272 Å². The average molecular weight is 706 g/mol. The molecule has 20 nitrogen and oxygen atoms in total. The van der Waals surface area contributed by atoms with E-state index in [1.165, 1.54) is 18.2 Å². The molecule has 0 radical (unpaired) electrons. The van der Waals surface area contributed by atoms with Crippen LogP contribution < -0.4 is 20.1 Å². The second kappa shape index (κ2) is 17.3. The number of imide groups is 1. The number of hydrogen-bond acceptors (Lipinski definition) is 15. The fourth-order valence-corrected chi connectivity index (χ4v) is 5.01. The van der Waals surface area contributed by atoms with E-state index in [1.54, 1.807) is 0 Å². The molecule has 1 aromatic rings. The summed E-state index contributed by atoms with van der Waals surface area (Å²) in [5, 5.41) is 53.4. The Hall–Kier alpha value is -4.22. The molecule has 0 bridgehead atoms. The van der Waals surface area contributed by atoms with Gasteiger partial charge in [0.05, 0.1) is 19.8 Å². The maximum absolute atomic E-state index is 12.5. The van der Waals surface area contributed by atoms with Gasteiger partial charge in [0, 0.05) is 43.3 Å². The van der Waals surface area contributed by atoms with E-state index in [9.17, 15) is 62.5 Å². The third-order valence-electron chi connectivity index (χ3n) is 6.80. The lowest BCUT2D eigenvalue weighted by Gasteiger charge is -2.38. The van der Waals surface area contributed by atoms with Gasteiger partial charge in [-0.1, -0.05) is 0 Å². The Morgan fingerprint density at radius 3 is 2.31 bits per heavy atom. The number of carboxylic acids is 1. The first-order valence-electron chi connectivity index (χ1n) is 14.2. The van der Waals surface area contributed by atoms with Gasteiger partial charge in [0.1, 0.15) is 48.2 Å². The number of nitrogens with zero attached hydrogens (tertiary/aromatic N) is 1. The van der Waals surface area contributed by atoms with Gasteiger partial charge in [0.15, 0.2) is 6.10 Å². The van der Waals surface area contributed by atoms with Gasteiger partial charge in [-0.3, -0.25) is 28.6 Å². The number of carboxylic acid groups (broad SMARTS) is 1. The van der Waals surface area contributed by atoms with Crippen molar-refractivity contribution >= 4 is 39.7 Å². The van der Waals surface area contributed by atoms with Gasteiger partial charge in [-0.25, -0.2) is 4.79 Å². The zero-order valence-corrected chi connectivity index (χ0v) is 25.9. The van der Waals surface area contributed by atoms with Crippen molar-refractivity contribution in [2.75, 3.05) is 38.7 Å². The quantitative estimate of drug-likeness (QED) is 0.0406. The van der Waals surface area contributed by atoms with Gasteiger partial charge < -0.3 is 55.1 Å². The highest BCUT2D eigenvalue weighted by molar-refractivity contribution is 7.85. The number of aliphatic carboxylic acids is 1.